The number of carbonyl (C=O) groups is 1. The lowest BCUT2D eigenvalue weighted by Crippen LogP contribution is -2.50. The van der Waals surface area contributed by atoms with Crippen LogP contribution in [0.5, 0.6) is 0 Å². The Morgan fingerprint density at radius 1 is 0.571 bits per heavy atom. The maximum absolute atomic E-state index is 12.3. The molecule has 0 radical (unpaired) electrons. The van der Waals surface area contributed by atoms with Crippen LogP contribution in [0.3, 0.4) is 0 Å². The Bertz CT molecular complexity index is 621. The number of carbonyl (C=O) groups excluding carboxylic acids is 1. The van der Waals surface area contributed by atoms with Crippen LogP contribution < -0.4 is 5.32 Å². The van der Waals surface area contributed by atoms with Crippen LogP contribution in [0, 0.1) is 0 Å². The second kappa shape index (κ2) is 32.7. The Morgan fingerprint density at radius 3 is 1.45 bits per heavy atom. The average Bonchev–Trinajstić information content (AvgIpc) is 2.99. The van der Waals surface area contributed by atoms with Gasteiger partial charge in [-0.25, -0.2) is 0 Å². The van der Waals surface area contributed by atoms with E-state index in [1.165, 1.54) is 109 Å². The third-order valence-corrected chi connectivity index (χ3v) is 8.29. The van der Waals surface area contributed by atoms with Crippen molar-refractivity contribution in [3.63, 3.8) is 0 Å². The van der Waals surface area contributed by atoms with Gasteiger partial charge in [-0.2, -0.15) is 0 Å². The quantitative estimate of drug-likeness (QED) is 0.0462. The minimum absolute atomic E-state index is 0.162. The highest BCUT2D eigenvalue weighted by Gasteiger charge is 2.26. The van der Waals surface area contributed by atoms with E-state index >= 15 is 0 Å². The normalized spacial score (nSPS) is 14.1. The molecule has 0 spiro atoms. The molecule has 0 aromatic heterocycles. The molecule has 0 saturated heterocycles. The van der Waals surface area contributed by atoms with Gasteiger partial charge in [0.2, 0.25) is 5.91 Å². The molecule has 0 bridgehead atoms. The number of amides is 1. The topological polar surface area (TPSA) is 89.8 Å². The number of aliphatic hydroxyl groups excluding tert-OH is 3. The molecule has 42 heavy (non-hydrogen) atoms. The van der Waals surface area contributed by atoms with Crippen molar-refractivity contribution in [1.29, 1.82) is 0 Å². The Labute approximate surface area is 261 Å². The first-order valence-corrected chi connectivity index (χ1v) is 18.1. The molecule has 248 valence electrons. The van der Waals surface area contributed by atoms with Crippen LogP contribution in [0.2, 0.25) is 0 Å². The molecule has 5 nitrogen and oxygen atoms in total. The van der Waals surface area contributed by atoms with Crippen LogP contribution in [-0.4, -0.2) is 46.1 Å². The van der Waals surface area contributed by atoms with E-state index in [4.69, 9.17) is 0 Å². The molecule has 3 unspecified atom stereocenters. The fourth-order valence-electron chi connectivity index (χ4n) is 5.41. The lowest BCUT2D eigenvalue weighted by molar-refractivity contribution is -0.124. The SMILES string of the molecule is CCCCCCCCCCC/C=C/CC/C=C/CCCC(O)C(O)C(CO)NC(=O)CCCCCCCCCCCC. The Hall–Kier alpha value is -1.17. The number of allylic oxidation sites excluding steroid dienone is 4. The van der Waals surface area contributed by atoms with E-state index < -0.39 is 18.2 Å². The van der Waals surface area contributed by atoms with Gasteiger partial charge < -0.3 is 20.6 Å². The lowest BCUT2D eigenvalue weighted by Gasteiger charge is -2.26. The van der Waals surface area contributed by atoms with Crippen molar-refractivity contribution < 1.29 is 20.1 Å². The number of aliphatic hydroxyl groups is 3. The van der Waals surface area contributed by atoms with E-state index in [9.17, 15) is 20.1 Å². The summed E-state index contributed by atoms with van der Waals surface area (Å²) in [6, 6.07) is -0.825. The molecular weight excluding hydrogens is 522 g/mol. The molecule has 0 aliphatic heterocycles. The smallest absolute Gasteiger partial charge is 0.220 e. The molecule has 3 atom stereocenters. The Morgan fingerprint density at radius 2 is 0.976 bits per heavy atom. The van der Waals surface area contributed by atoms with E-state index in [2.05, 4.69) is 43.5 Å². The molecule has 5 heteroatoms. The zero-order valence-electron chi connectivity index (χ0n) is 27.9. The fraction of sp³-hybridized carbons (Fsp3) is 0.865. The van der Waals surface area contributed by atoms with Gasteiger partial charge in [-0.15, -0.1) is 0 Å². The Balaban J connectivity index is 3.76. The van der Waals surface area contributed by atoms with Gasteiger partial charge in [0, 0.05) is 6.42 Å². The summed E-state index contributed by atoms with van der Waals surface area (Å²) in [5.74, 6) is -0.162. The van der Waals surface area contributed by atoms with Crippen molar-refractivity contribution in [1.82, 2.24) is 5.32 Å². The van der Waals surface area contributed by atoms with Crippen LogP contribution >= 0.6 is 0 Å². The van der Waals surface area contributed by atoms with Crippen molar-refractivity contribution in [3.8, 4) is 0 Å². The van der Waals surface area contributed by atoms with E-state index in [-0.39, 0.29) is 12.5 Å². The summed E-state index contributed by atoms with van der Waals surface area (Å²) < 4.78 is 0. The van der Waals surface area contributed by atoms with Crippen LogP contribution in [0.15, 0.2) is 24.3 Å². The van der Waals surface area contributed by atoms with Crippen LogP contribution in [0.1, 0.15) is 181 Å². The number of nitrogens with one attached hydrogen (secondary N) is 1. The third kappa shape index (κ3) is 27.7. The maximum Gasteiger partial charge on any atom is 0.220 e. The summed E-state index contributed by atoms with van der Waals surface area (Å²) in [5, 5.41) is 33.2. The molecule has 0 saturated carbocycles. The van der Waals surface area contributed by atoms with E-state index in [0.29, 0.717) is 12.8 Å². The first kappa shape index (κ1) is 40.8. The van der Waals surface area contributed by atoms with Gasteiger partial charge in [0.05, 0.1) is 18.8 Å². The van der Waals surface area contributed by atoms with E-state index in [0.717, 1.165) is 44.9 Å². The van der Waals surface area contributed by atoms with Crippen molar-refractivity contribution >= 4 is 5.91 Å². The fourth-order valence-corrected chi connectivity index (χ4v) is 5.41. The van der Waals surface area contributed by atoms with Gasteiger partial charge in [-0.05, 0) is 51.4 Å². The summed E-state index contributed by atoms with van der Waals surface area (Å²) >= 11 is 0. The third-order valence-electron chi connectivity index (χ3n) is 8.29. The molecule has 0 aromatic rings. The standard InChI is InChI=1S/C37H71NO4/c1-3-5-7-9-11-13-15-16-17-18-19-20-21-22-23-25-27-29-31-35(40)37(42)34(33-39)38-36(41)32-30-28-26-24-14-12-10-8-6-4-2/h19-20,23,25,34-35,37,39-40,42H,3-18,21-22,24,26-33H2,1-2H3,(H,38,41)/b20-19+,25-23+. The largest absolute Gasteiger partial charge is 0.394 e. The zero-order valence-corrected chi connectivity index (χ0v) is 27.9. The van der Waals surface area contributed by atoms with Gasteiger partial charge in [-0.3, -0.25) is 4.79 Å². The van der Waals surface area contributed by atoms with Gasteiger partial charge >= 0.3 is 0 Å². The van der Waals surface area contributed by atoms with Gasteiger partial charge in [0.25, 0.3) is 0 Å². The summed E-state index contributed by atoms with van der Waals surface area (Å²) in [4.78, 5) is 12.3. The second-order valence-electron chi connectivity index (χ2n) is 12.4. The summed E-state index contributed by atoms with van der Waals surface area (Å²) in [6.45, 7) is 4.13. The predicted octanol–water partition coefficient (Wildman–Crippen LogP) is 9.48. The number of hydrogen-bond acceptors (Lipinski definition) is 4. The van der Waals surface area contributed by atoms with Crippen LogP contribution in [-0.2, 0) is 4.79 Å². The number of rotatable bonds is 32. The molecule has 0 aromatic carbocycles. The molecule has 0 aliphatic rings. The molecule has 0 aliphatic carbocycles. The number of hydrogen-bond donors (Lipinski definition) is 4. The van der Waals surface area contributed by atoms with Gasteiger partial charge in [0.15, 0.2) is 0 Å². The number of unbranched alkanes of at least 4 members (excludes halogenated alkanes) is 20. The molecular formula is C37H71NO4. The molecule has 0 fully saturated rings. The maximum atomic E-state index is 12.3. The molecule has 0 heterocycles. The lowest BCUT2D eigenvalue weighted by atomic mass is 10.0. The van der Waals surface area contributed by atoms with Crippen LogP contribution in [0.25, 0.3) is 0 Å². The minimum atomic E-state index is -1.16. The predicted molar refractivity (Wildman–Crippen MR) is 181 cm³/mol. The van der Waals surface area contributed by atoms with E-state index in [1.807, 2.05) is 0 Å². The molecule has 0 rings (SSSR count). The average molecular weight is 594 g/mol. The van der Waals surface area contributed by atoms with E-state index in [1.54, 1.807) is 0 Å². The van der Waals surface area contributed by atoms with Crippen molar-refractivity contribution in [2.45, 2.75) is 199 Å². The van der Waals surface area contributed by atoms with Crippen molar-refractivity contribution in [2.75, 3.05) is 6.61 Å². The first-order chi connectivity index (χ1) is 20.6. The van der Waals surface area contributed by atoms with Crippen molar-refractivity contribution in [2.24, 2.45) is 0 Å². The van der Waals surface area contributed by atoms with Gasteiger partial charge in [0.1, 0.15) is 6.10 Å². The highest BCUT2D eigenvalue weighted by atomic mass is 16.3. The summed E-state index contributed by atoms with van der Waals surface area (Å²) in [6.07, 6.45) is 37.0. The Kier molecular flexibility index (Phi) is 31.8. The second-order valence-corrected chi connectivity index (χ2v) is 12.4. The first-order valence-electron chi connectivity index (χ1n) is 18.1. The monoisotopic (exact) mass is 594 g/mol. The highest BCUT2D eigenvalue weighted by Crippen LogP contribution is 2.13. The summed E-state index contributed by atoms with van der Waals surface area (Å²) in [5.41, 5.74) is 0. The van der Waals surface area contributed by atoms with Crippen LogP contribution in [0.4, 0.5) is 0 Å². The van der Waals surface area contributed by atoms with Gasteiger partial charge in [-0.1, -0.05) is 147 Å². The molecule has 4 N–H and O–H groups in total. The summed E-state index contributed by atoms with van der Waals surface area (Å²) in [7, 11) is 0. The highest BCUT2D eigenvalue weighted by molar-refractivity contribution is 5.76. The zero-order chi connectivity index (χ0) is 30.9. The minimum Gasteiger partial charge on any atom is -0.394 e. The van der Waals surface area contributed by atoms with Crippen molar-refractivity contribution in [3.05, 3.63) is 24.3 Å². The molecule has 1 amide bonds.